The number of esters is 1. The van der Waals surface area contributed by atoms with Crippen LogP contribution in [0.25, 0.3) is 0 Å². The van der Waals surface area contributed by atoms with E-state index in [2.05, 4.69) is 10.6 Å². The van der Waals surface area contributed by atoms with Crippen molar-refractivity contribution in [3.63, 3.8) is 0 Å². The summed E-state index contributed by atoms with van der Waals surface area (Å²) in [5.74, 6) is -0.433. The molecule has 0 radical (unpaired) electrons. The lowest BCUT2D eigenvalue weighted by atomic mass is 10.2. The molecule has 2 N–H and O–H groups in total. The van der Waals surface area contributed by atoms with Crippen molar-refractivity contribution in [2.24, 2.45) is 0 Å². The van der Waals surface area contributed by atoms with E-state index in [1.165, 1.54) is 0 Å². The standard InChI is InChI=1S/C11H20N2O4/c1-3-17-10(14)7-12-11(15)13-8-5-4-6-9(8)16-2/h8-9H,3-7H2,1-2H3,(H2,12,13,15). The summed E-state index contributed by atoms with van der Waals surface area (Å²) >= 11 is 0. The largest absolute Gasteiger partial charge is 0.465 e. The zero-order chi connectivity index (χ0) is 12.7. The molecule has 98 valence electrons. The molecule has 0 heterocycles. The van der Waals surface area contributed by atoms with Gasteiger partial charge in [-0.05, 0) is 26.2 Å². The molecule has 1 aliphatic carbocycles. The number of amides is 2. The van der Waals surface area contributed by atoms with E-state index in [1.54, 1.807) is 14.0 Å². The van der Waals surface area contributed by atoms with Gasteiger partial charge in [0, 0.05) is 7.11 Å². The maximum atomic E-state index is 11.5. The molecule has 6 heteroatoms. The van der Waals surface area contributed by atoms with Gasteiger partial charge in [0.15, 0.2) is 0 Å². The third-order valence-electron chi connectivity index (χ3n) is 2.77. The summed E-state index contributed by atoms with van der Waals surface area (Å²) in [4.78, 5) is 22.5. The first-order valence-electron chi connectivity index (χ1n) is 5.90. The Hall–Kier alpha value is -1.30. The van der Waals surface area contributed by atoms with Gasteiger partial charge < -0.3 is 20.1 Å². The van der Waals surface area contributed by atoms with Gasteiger partial charge in [-0.15, -0.1) is 0 Å². The SMILES string of the molecule is CCOC(=O)CNC(=O)NC1CCCC1OC. The molecule has 1 rings (SSSR count). The quantitative estimate of drug-likeness (QED) is 0.687. The minimum absolute atomic E-state index is 0.0298. The lowest BCUT2D eigenvalue weighted by molar-refractivity contribution is -0.141. The number of methoxy groups -OCH3 is 1. The van der Waals surface area contributed by atoms with E-state index in [9.17, 15) is 9.59 Å². The van der Waals surface area contributed by atoms with Crippen LogP contribution in [0.15, 0.2) is 0 Å². The topological polar surface area (TPSA) is 76.7 Å². The van der Waals surface area contributed by atoms with Gasteiger partial charge in [-0.3, -0.25) is 4.79 Å². The van der Waals surface area contributed by atoms with Crippen LogP contribution in [-0.2, 0) is 14.3 Å². The molecule has 0 saturated heterocycles. The molecular weight excluding hydrogens is 224 g/mol. The maximum Gasteiger partial charge on any atom is 0.325 e. The van der Waals surface area contributed by atoms with Crippen LogP contribution in [-0.4, -0.2) is 44.4 Å². The van der Waals surface area contributed by atoms with Crippen LogP contribution >= 0.6 is 0 Å². The Kier molecular flexibility index (Phi) is 5.76. The number of nitrogens with one attached hydrogen (secondary N) is 2. The summed E-state index contributed by atoms with van der Waals surface area (Å²) < 4.78 is 9.95. The third-order valence-corrected chi connectivity index (χ3v) is 2.77. The normalized spacial score (nSPS) is 23.2. The molecule has 0 aromatic heterocycles. The van der Waals surface area contributed by atoms with E-state index in [-0.39, 0.29) is 24.7 Å². The highest BCUT2D eigenvalue weighted by Crippen LogP contribution is 2.21. The molecule has 1 fully saturated rings. The van der Waals surface area contributed by atoms with E-state index in [0.717, 1.165) is 19.3 Å². The predicted molar refractivity (Wildman–Crippen MR) is 61.6 cm³/mol. The molecule has 17 heavy (non-hydrogen) atoms. The molecular formula is C11H20N2O4. The maximum absolute atomic E-state index is 11.5. The van der Waals surface area contributed by atoms with Crippen molar-refractivity contribution in [3.8, 4) is 0 Å². The van der Waals surface area contributed by atoms with Crippen molar-refractivity contribution in [1.29, 1.82) is 0 Å². The highest BCUT2D eigenvalue weighted by molar-refractivity contribution is 5.80. The summed E-state index contributed by atoms with van der Waals surface area (Å²) in [6.07, 6.45) is 2.98. The second kappa shape index (κ2) is 7.11. The highest BCUT2D eigenvalue weighted by Gasteiger charge is 2.28. The summed E-state index contributed by atoms with van der Waals surface area (Å²) in [5, 5.41) is 5.25. The minimum atomic E-state index is -0.433. The lowest BCUT2D eigenvalue weighted by Gasteiger charge is -2.19. The number of hydrogen-bond donors (Lipinski definition) is 2. The number of urea groups is 1. The molecule has 6 nitrogen and oxygen atoms in total. The zero-order valence-electron chi connectivity index (χ0n) is 10.3. The molecule has 2 atom stereocenters. The smallest absolute Gasteiger partial charge is 0.325 e. The van der Waals surface area contributed by atoms with Gasteiger partial charge in [-0.25, -0.2) is 4.79 Å². The second-order valence-electron chi connectivity index (χ2n) is 3.94. The summed E-state index contributed by atoms with van der Waals surface area (Å²) in [6, 6.07) is -0.325. The Morgan fingerprint density at radius 3 is 2.76 bits per heavy atom. The van der Waals surface area contributed by atoms with Crippen LogP contribution in [0.5, 0.6) is 0 Å². The van der Waals surface area contributed by atoms with Crippen molar-refractivity contribution >= 4 is 12.0 Å². The van der Waals surface area contributed by atoms with E-state index in [0.29, 0.717) is 6.61 Å². The molecule has 2 amide bonds. The Labute approximate surface area is 101 Å². The molecule has 1 saturated carbocycles. The molecule has 1 aliphatic rings. The summed E-state index contributed by atoms with van der Waals surface area (Å²) in [7, 11) is 1.64. The second-order valence-corrected chi connectivity index (χ2v) is 3.94. The minimum Gasteiger partial charge on any atom is -0.465 e. The number of ether oxygens (including phenoxy) is 2. The number of carbonyl (C=O) groups excluding carboxylic acids is 2. The van der Waals surface area contributed by atoms with Crippen LogP contribution in [0.2, 0.25) is 0 Å². The summed E-state index contributed by atoms with van der Waals surface area (Å²) in [6.45, 7) is 1.93. The Morgan fingerprint density at radius 2 is 2.12 bits per heavy atom. The first-order chi connectivity index (χ1) is 8.17. The first-order valence-corrected chi connectivity index (χ1v) is 5.90. The Balaban J connectivity index is 2.22. The van der Waals surface area contributed by atoms with Crippen LogP contribution in [0.1, 0.15) is 26.2 Å². The van der Waals surface area contributed by atoms with Crippen LogP contribution in [0, 0.1) is 0 Å². The zero-order valence-corrected chi connectivity index (χ0v) is 10.3. The molecule has 2 unspecified atom stereocenters. The average molecular weight is 244 g/mol. The first kappa shape index (κ1) is 13.8. The molecule has 0 spiro atoms. The van der Waals surface area contributed by atoms with E-state index in [4.69, 9.17) is 9.47 Å². The van der Waals surface area contributed by atoms with Gasteiger partial charge in [-0.2, -0.15) is 0 Å². The van der Waals surface area contributed by atoms with Gasteiger partial charge in [0.05, 0.1) is 18.8 Å². The summed E-state index contributed by atoms with van der Waals surface area (Å²) in [5.41, 5.74) is 0. The van der Waals surface area contributed by atoms with Gasteiger partial charge in [0.25, 0.3) is 0 Å². The van der Waals surface area contributed by atoms with Crippen molar-refractivity contribution in [2.45, 2.75) is 38.3 Å². The fraction of sp³-hybridized carbons (Fsp3) is 0.818. The number of carbonyl (C=O) groups is 2. The average Bonchev–Trinajstić information content (AvgIpc) is 2.74. The molecule has 0 aromatic carbocycles. The van der Waals surface area contributed by atoms with Crippen molar-refractivity contribution in [3.05, 3.63) is 0 Å². The number of hydrogen-bond acceptors (Lipinski definition) is 4. The van der Waals surface area contributed by atoms with E-state index < -0.39 is 5.97 Å². The van der Waals surface area contributed by atoms with Crippen LogP contribution in [0.4, 0.5) is 4.79 Å². The fourth-order valence-corrected chi connectivity index (χ4v) is 1.96. The van der Waals surface area contributed by atoms with Crippen molar-refractivity contribution < 1.29 is 19.1 Å². The predicted octanol–water partition coefficient (Wildman–Crippen LogP) is 0.416. The van der Waals surface area contributed by atoms with Crippen LogP contribution in [0.3, 0.4) is 0 Å². The van der Waals surface area contributed by atoms with E-state index >= 15 is 0 Å². The fourth-order valence-electron chi connectivity index (χ4n) is 1.96. The van der Waals surface area contributed by atoms with Gasteiger partial charge in [-0.1, -0.05) is 0 Å². The highest BCUT2D eigenvalue weighted by atomic mass is 16.5. The monoisotopic (exact) mass is 244 g/mol. The van der Waals surface area contributed by atoms with Gasteiger partial charge in [0.2, 0.25) is 0 Å². The van der Waals surface area contributed by atoms with Crippen molar-refractivity contribution in [2.75, 3.05) is 20.3 Å². The lowest BCUT2D eigenvalue weighted by Crippen LogP contribution is -2.47. The molecule has 0 aromatic rings. The Morgan fingerprint density at radius 1 is 1.35 bits per heavy atom. The van der Waals surface area contributed by atoms with Gasteiger partial charge >= 0.3 is 12.0 Å². The van der Waals surface area contributed by atoms with Gasteiger partial charge in [0.1, 0.15) is 6.54 Å². The molecule has 0 aliphatic heterocycles. The van der Waals surface area contributed by atoms with Crippen molar-refractivity contribution in [1.82, 2.24) is 10.6 Å². The number of rotatable bonds is 5. The molecule has 0 bridgehead atoms. The third kappa shape index (κ3) is 4.60. The Bertz CT molecular complexity index is 270. The van der Waals surface area contributed by atoms with Crippen LogP contribution < -0.4 is 10.6 Å². The van der Waals surface area contributed by atoms with E-state index in [1.807, 2.05) is 0 Å².